The van der Waals surface area contributed by atoms with Crippen molar-refractivity contribution in [1.82, 2.24) is 10.6 Å². The van der Waals surface area contributed by atoms with Gasteiger partial charge in [0.05, 0.1) is 44.5 Å². The summed E-state index contributed by atoms with van der Waals surface area (Å²) in [6.07, 6.45) is 2.31. The third-order valence-corrected chi connectivity index (χ3v) is 10.2. The second kappa shape index (κ2) is 17.1. The molecule has 0 spiro atoms. The van der Waals surface area contributed by atoms with Gasteiger partial charge in [0, 0.05) is 52.7 Å². The van der Waals surface area contributed by atoms with Gasteiger partial charge in [0.25, 0.3) is 11.8 Å². The van der Waals surface area contributed by atoms with E-state index in [4.69, 9.17) is 9.47 Å². The minimum absolute atomic E-state index is 0.144. The molecule has 286 valence electrons. The lowest BCUT2D eigenvalue weighted by Gasteiger charge is -2.21. The first-order valence-electron chi connectivity index (χ1n) is 18.8. The number of anilines is 2. The monoisotopic (exact) mass is 754 g/mol. The maximum absolute atomic E-state index is 13.5. The van der Waals surface area contributed by atoms with Gasteiger partial charge in [-0.05, 0) is 66.1 Å². The summed E-state index contributed by atoms with van der Waals surface area (Å²) < 4.78 is 12.8. The fourth-order valence-corrected chi connectivity index (χ4v) is 7.29. The number of nitrogens with zero attached hydrogens (tertiary/aromatic N) is 1. The van der Waals surface area contributed by atoms with Crippen molar-refractivity contribution in [3.05, 3.63) is 119 Å². The molecule has 0 radical (unpaired) electrons. The van der Waals surface area contributed by atoms with E-state index < -0.39 is 11.9 Å². The van der Waals surface area contributed by atoms with Crippen LogP contribution < -0.4 is 21.3 Å². The maximum atomic E-state index is 13.5. The normalized spacial score (nSPS) is 15.6. The molecule has 0 saturated carbocycles. The van der Waals surface area contributed by atoms with Gasteiger partial charge in [-0.25, -0.2) is 4.79 Å². The molecule has 4 N–H and O–H groups in total. The molecule has 12 heteroatoms. The average Bonchev–Trinajstić information content (AvgIpc) is 3.19. The Hall–Kier alpha value is -6.24. The van der Waals surface area contributed by atoms with Crippen molar-refractivity contribution >= 4 is 68.7 Å². The van der Waals surface area contributed by atoms with Crippen LogP contribution in [0.3, 0.4) is 0 Å². The van der Waals surface area contributed by atoms with E-state index in [1.165, 1.54) is 4.58 Å². The highest BCUT2D eigenvalue weighted by molar-refractivity contribution is 6.17. The number of amides is 5. The second-order valence-electron chi connectivity index (χ2n) is 14.0. The molecular formula is C44H44N5O7+. The van der Waals surface area contributed by atoms with Gasteiger partial charge >= 0.3 is 5.91 Å². The van der Waals surface area contributed by atoms with E-state index in [9.17, 15) is 24.0 Å². The van der Waals surface area contributed by atoms with Crippen molar-refractivity contribution < 1.29 is 38.0 Å². The predicted octanol–water partition coefficient (Wildman–Crippen LogP) is 5.66. The number of aryl methyl sites for hydroxylation is 1. The smallest absolute Gasteiger partial charge is 0.382 e. The Morgan fingerprint density at radius 2 is 1.64 bits per heavy atom. The average molecular weight is 755 g/mol. The number of imide groups is 1. The van der Waals surface area contributed by atoms with Crippen molar-refractivity contribution in [2.24, 2.45) is 0 Å². The molecular weight excluding hydrogens is 711 g/mol. The molecule has 12 nitrogen and oxygen atoms in total. The molecule has 0 bridgehead atoms. The molecule has 2 aliphatic rings. The fraction of sp³-hybridized carbons (Fsp3) is 0.273. The molecule has 5 aromatic carbocycles. The van der Waals surface area contributed by atoms with Crippen molar-refractivity contribution in [2.75, 3.05) is 43.6 Å². The van der Waals surface area contributed by atoms with Crippen LogP contribution in [0.2, 0.25) is 0 Å². The van der Waals surface area contributed by atoms with Crippen molar-refractivity contribution in [1.29, 1.82) is 0 Å². The van der Waals surface area contributed by atoms with Gasteiger partial charge in [-0.3, -0.25) is 24.5 Å². The van der Waals surface area contributed by atoms with Crippen molar-refractivity contribution in [3.8, 4) is 0 Å². The topological polar surface area (TPSA) is 155 Å². The van der Waals surface area contributed by atoms with Crippen LogP contribution in [0.4, 0.5) is 11.4 Å². The number of hydrogen-bond acceptors (Lipinski definition) is 8. The number of rotatable bonds is 15. The van der Waals surface area contributed by atoms with Gasteiger partial charge in [-0.15, -0.1) is 0 Å². The predicted molar refractivity (Wildman–Crippen MR) is 214 cm³/mol. The van der Waals surface area contributed by atoms with E-state index in [1.807, 2.05) is 68.4 Å². The van der Waals surface area contributed by atoms with Crippen LogP contribution in [0, 0.1) is 6.92 Å². The summed E-state index contributed by atoms with van der Waals surface area (Å²) in [6, 6.07) is 27.9. The summed E-state index contributed by atoms with van der Waals surface area (Å²) in [4.78, 5) is 63.6. The lowest BCUT2D eigenvalue weighted by atomic mass is 9.94. The van der Waals surface area contributed by atoms with E-state index in [0.717, 1.165) is 43.9 Å². The van der Waals surface area contributed by atoms with Gasteiger partial charge in [-0.2, -0.15) is 4.58 Å². The quantitative estimate of drug-likeness (QED) is 0.0607. The van der Waals surface area contributed by atoms with E-state index in [-0.39, 0.29) is 55.5 Å². The van der Waals surface area contributed by atoms with E-state index >= 15 is 0 Å². The summed E-state index contributed by atoms with van der Waals surface area (Å²) in [6.45, 7) is 5.64. The highest BCUT2D eigenvalue weighted by atomic mass is 16.5. The van der Waals surface area contributed by atoms with Gasteiger partial charge in [0.1, 0.15) is 0 Å². The number of nitrogens with one attached hydrogen (secondary N) is 4. The van der Waals surface area contributed by atoms with E-state index in [0.29, 0.717) is 43.2 Å². The Morgan fingerprint density at radius 3 is 2.48 bits per heavy atom. The number of ether oxygens (including phenoxy) is 2. The summed E-state index contributed by atoms with van der Waals surface area (Å²) >= 11 is 0. The molecule has 2 unspecified atom stereocenters. The number of benzene rings is 5. The standard InChI is InChI=1S/C44H43N5O7/c1-27-13-14-31(25-36(27)42(52)46-28(2)32-11-5-8-29-7-3-4-10-33(29)32)47-40(51)19-21-55-23-24-56-22-20-45-37-16-15-35-41-30(9-6-12-34(37)41)26-49(44(35)54)38-17-18-39(50)48-43(38)53/h3-16,25-26,28,38H,17-24H2,1-2H3,(H3,46,47,48,50,51,52,53)/p+1. The van der Waals surface area contributed by atoms with Crippen LogP contribution >= 0.6 is 0 Å². The minimum Gasteiger partial charge on any atom is -0.382 e. The van der Waals surface area contributed by atoms with Crippen molar-refractivity contribution in [3.63, 3.8) is 0 Å². The summed E-state index contributed by atoms with van der Waals surface area (Å²) in [7, 11) is 0. The van der Waals surface area contributed by atoms with E-state index in [2.05, 4.69) is 39.5 Å². The third-order valence-electron chi connectivity index (χ3n) is 10.2. The van der Waals surface area contributed by atoms with Gasteiger partial charge in [-0.1, -0.05) is 60.7 Å². The van der Waals surface area contributed by atoms with E-state index in [1.54, 1.807) is 24.4 Å². The SMILES string of the molecule is Cc1ccc(NC(=O)CCOCCOCCNc2ccc3c4c(cccc24)C=[N+](C2CCC(=O)NC2=O)C3=O)cc1C(=O)NC(C)c1cccc2ccccc12. The maximum Gasteiger partial charge on any atom is 0.420 e. The molecule has 56 heavy (non-hydrogen) atoms. The van der Waals surface area contributed by atoms with Crippen LogP contribution in [0.1, 0.15) is 69.6 Å². The highest BCUT2D eigenvalue weighted by Gasteiger charge is 2.42. The van der Waals surface area contributed by atoms with Crippen molar-refractivity contribution in [2.45, 2.75) is 45.2 Å². The van der Waals surface area contributed by atoms with Gasteiger partial charge in [0.2, 0.25) is 17.9 Å². The first-order chi connectivity index (χ1) is 27.2. The van der Waals surface area contributed by atoms with Crippen LogP contribution in [-0.4, -0.2) is 79.3 Å². The zero-order chi connectivity index (χ0) is 39.2. The molecule has 5 aromatic rings. The van der Waals surface area contributed by atoms with Gasteiger partial charge in [0.15, 0.2) is 6.21 Å². The number of carbonyl (C=O) groups is 5. The Labute approximate surface area is 324 Å². The molecule has 1 saturated heterocycles. The molecule has 2 heterocycles. The first kappa shape index (κ1) is 38.1. The molecule has 2 aliphatic heterocycles. The molecule has 7 rings (SSSR count). The minimum atomic E-state index is -0.731. The Balaban J connectivity index is 0.827. The number of fused-ring (bicyclic) bond motifs is 1. The molecule has 0 aromatic heterocycles. The van der Waals surface area contributed by atoms with Crippen LogP contribution in [0.25, 0.3) is 21.5 Å². The summed E-state index contributed by atoms with van der Waals surface area (Å²) in [5.41, 5.74) is 5.05. The zero-order valence-corrected chi connectivity index (χ0v) is 31.4. The Kier molecular flexibility index (Phi) is 11.6. The largest absolute Gasteiger partial charge is 0.420 e. The number of piperidine rings is 1. The van der Waals surface area contributed by atoms with Crippen LogP contribution in [0.5, 0.6) is 0 Å². The van der Waals surface area contributed by atoms with Crippen LogP contribution in [-0.2, 0) is 23.9 Å². The molecule has 2 atom stereocenters. The summed E-state index contributed by atoms with van der Waals surface area (Å²) in [5.74, 6) is -1.50. The highest BCUT2D eigenvalue weighted by Crippen LogP contribution is 2.32. The molecule has 1 fully saturated rings. The summed E-state index contributed by atoms with van der Waals surface area (Å²) in [5, 5.41) is 15.6. The molecule has 5 amide bonds. The lowest BCUT2D eigenvalue weighted by Crippen LogP contribution is -2.51. The first-order valence-corrected chi connectivity index (χ1v) is 18.8. The fourth-order valence-electron chi connectivity index (χ4n) is 7.29. The van der Waals surface area contributed by atoms with Crippen LogP contribution in [0.15, 0.2) is 91.0 Å². The third kappa shape index (κ3) is 8.36. The molecule has 0 aliphatic carbocycles. The van der Waals surface area contributed by atoms with Gasteiger partial charge < -0.3 is 25.4 Å². The zero-order valence-electron chi connectivity index (χ0n) is 31.4. The Bertz CT molecular complexity index is 2380. The lowest BCUT2D eigenvalue weighted by molar-refractivity contribution is -0.455. The Morgan fingerprint density at radius 1 is 0.875 bits per heavy atom. The second-order valence-corrected chi connectivity index (χ2v) is 14.0. The number of carbonyl (C=O) groups excluding carboxylic acids is 5. The number of hydrogen-bond donors (Lipinski definition) is 4.